The van der Waals surface area contributed by atoms with E-state index < -0.39 is 0 Å². The number of pyridine rings is 1. The van der Waals surface area contributed by atoms with Gasteiger partial charge in [0, 0.05) is 44.4 Å². The van der Waals surface area contributed by atoms with Gasteiger partial charge in [-0.15, -0.1) is 0 Å². The van der Waals surface area contributed by atoms with E-state index in [9.17, 15) is 9.59 Å². The van der Waals surface area contributed by atoms with Crippen LogP contribution < -0.4 is 15.2 Å². The third-order valence-electron chi connectivity index (χ3n) is 5.28. The van der Waals surface area contributed by atoms with Gasteiger partial charge in [-0.05, 0) is 36.8 Å². The second kappa shape index (κ2) is 8.31. The second-order valence-electron chi connectivity index (χ2n) is 7.23. The van der Waals surface area contributed by atoms with Gasteiger partial charge in [0.05, 0.1) is 17.2 Å². The third-order valence-corrected chi connectivity index (χ3v) is 5.52. The lowest BCUT2D eigenvalue weighted by Gasteiger charge is -2.35. The molecule has 4 rings (SSSR count). The third kappa shape index (κ3) is 3.95. The molecule has 1 fully saturated rings. The fourth-order valence-electron chi connectivity index (χ4n) is 3.53. The van der Waals surface area contributed by atoms with Crippen LogP contribution in [-0.4, -0.2) is 58.1 Å². The SMILES string of the molecule is Cc1cc(Cl)ccc1OCC(=O)N1CCN(c2nc3ccncc3n(C)c2=O)CC1. The molecule has 1 amide bonds. The van der Waals surface area contributed by atoms with Crippen LogP contribution in [0.3, 0.4) is 0 Å². The van der Waals surface area contributed by atoms with E-state index in [2.05, 4.69) is 9.97 Å². The molecule has 0 N–H and O–H groups in total. The number of rotatable bonds is 4. The highest BCUT2D eigenvalue weighted by Gasteiger charge is 2.24. The fraction of sp³-hybridized carbons (Fsp3) is 0.333. The zero-order valence-electron chi connectivity index (χ0n) is 16.8. The molecule has 1 saturated heterocycles. The first kappa shape index (κ1) is 20.2. The number of hydrogen-bond acceptors (Lipinski definition) is 6. The Morgan fingerprint density at radius 1 is 1.20 bits per heavy atom. The van der Waals surface area contributed by atoms with Gasteiger partial charge in [0.25, 0.3) is 11.5 Å². The Kier molecular flexibility index (Phi) is 5.59. The number of ether oxygens (including phenoxy) is 1. The standard InChI is InChI=1S/C21H22ClN5O3/c1-14-11-15(22)3-4-18(14)30-13-19(28)26-7-9-27(10-8-26)20-21(29)25(2)17-12-23-6-5-16(17)24-20/h3-6,11-12H,7-10,13H2,1-2H3. The molecule has 30 heavy (non-hydrogen) atoms. The average molecular weight is 428 g/mol. The van der Waals surface area contributed by atoms with E-state index in [0.717, 1.165) is 5.56 Å². The lowest BCUT2D eigenvalue weighted by molar-refractivity contribution is -0.133. The Bertz CT molecular complexity index is 1160. The number of halogens is 1. The number of nitrogens with zero attached hydrogens (tertiary/aromatic N) is 5. The topological polar surface area (TPSA) is 80.6 Å². The van der Waals surface area contributed by atoms with Gasteiger partial charge in [0.2, 0.25) is 0 Å². The number of carbonyl (C=O) groups excluding carboxylic acids is 1. The number of fused-ring (bicyclic) bond motifs is 1. The highest BCUT2D eigenvalue weighted by atomic mass is 35.5. The molecule has 1 aliphatic heterocycles. The predicted octanol–water partition coefficient (Wildman–Crippen LogP) is 2.02. The Morgan fingerprint density at radius 2 is 1.97 bits per heavy atom. The molecule has 156 valence electrons. The van der Waals surface area contributed by atoms with E-state index in [0.29, 0.717) is 53.8 Å². The number of benzene rings is 1. The molecule has 0 radical (unpaired) electrons. The summed E-state index contributed by atoms with van der Waals surface area (Å²) in [4.78, 5) is 37.6. The minimum atomic E-state index is -0.170. The van der Waals surface area contributed by atoms with Crippen LogP contribution in [0.4, 0.5) is 5.82 Å². The van der Waals surface area contributed by atoms with E-state index in [1.54, 1.807) is 53.2 Å². The lowest BCUT2D eigenvalue weighted by Crippen LogP contribution is -2.51. The molecule has 3 aromatic rings. The average Bonchev–Trinajstić information content (AvgIpc) is 2.75. The molecule has 2 aromatic heterocycles. The number of amides is 1. The minimum Gasteiger partial charge on any atom is -0.483 e. The maximum absolute atomic E-state index is 12.7. The molecule has 0 unspecified atom stereocenters. The largest absolute Gasteiger partial charge is 0.483 e. The maximum Gasteiger partial charge on any atom is 0.293 e. The molecule has 1 aliphatic rings. The van der Waals surface area contributed by atoms with Crippen molar-refractivity contribution in [2.45, 2.75) is 6.92 Å². The fourth-order valence-corrected chi connectivity index (χ4v) is 3.76. The zero-order valence-corrected chi connectivity index (χ0v) is 17.6. The van der Waals surface area contributed by atoms with Gasteiger partial charge in [-0.3, -0.25) is 14.6 Å². The second-order valence-corrected chi connectivity index (χ2v) is 7.67. The summed E-state index contributed by atoms with van der Waals surface area (Å²) in [6.45, 7) is 3.92. The van der Waals surface area contributed by atoms with Crippen LogP contribution in [0.15, 0.2) is 41.5 Å². The smallest absolute Gasteiger partial charge is 0.293 e. The highest BCUT2D eigenvalue weighted by molar-refractivity contribution is 6.30. The quantitative estimate of drug-likeness (QED) is 0.633. The van der Waals surface area contributed by atoms with Crippen molar-refractivity contribution < 1.29 is 9.53 Å². The summed E-state index contributed by atoms with van der Waals surface area (Å²) < 4.78 is 7.23. The van der Waals surface area contributed by atoms with Gasteiger partial charge in [0.15, 0.2) is 12.4 Å². The predicted molar refractivity (Wildman–Crippen MR) is 115 cm³/mol. The zero-order chi connectivity index (χ0) is 21.3. The van der Waals surface area contributed by atoms with Crippen LogP contribution in [0.1, 0.15) is 5.56 Å². The van der Waals surface area contributed by atoms with Crippen LogP contribution in [-0.2, 0) is 11.8 Å². The molecule has 0 atom stereocenters. The summed E-state index contributed by atoms with van der Waals surface area (Å²) in [5.41, 5.74) is 2.12. The molecular formula is C21H22ClN5O3. The molecule has 0 spiro atoms. The molecular weight excluding hydrogens is 406 g/mol. The summed E-state index contributed by atoms with van der Waals surface area (Å²) in [7, 11) is 1.72. The summed E-state index contributed by atoms with van der Waals surface area (Å²) in [5.74, 6) is 0.954. The summed E-state index contributed by atoms with van der Waals surface area (Å²) in [6.07, 6.45) is 3.29. The van der Waals surface area contributed by atoms with Gasteiger partial charge >= 0.3 is 0 Å². The Balaban J connectivity index is 1.40. The van der Waals surface area contributed by atoms with E-state index in [4.69, 9.17) is 16.3 Å². The summed E-state index contributed by atoms with van der Waals surface area (Å²) >= 11 is 5.95. The van der Waals surface area contributed by atoms with Crippen LogP contribution >= 0.6 is 11.6 Å². The normalized spacial score (nSPS) is 14.2. The molecule has 0 saturated carbocycles. The molecule has 8 nitrogen and oxygen atoms in total. The van der Waals surface area contributed by atoms with Crippen LogP contribution in [0.2, 0.25) is 5.02 Å². The molecule has 0 bridgehead atoms. The van der Waals surface area contributed by atoms with Crippen molar-refractivity contribution >= 4 is 34.4 Å². The monoisotopic (exact) mass is 427 g/mol. The number of piperazine rings is 1. The van der Waals surface area contributed by atoms with E-state index >= 15 is 0 Å². The van der Waals surface area contributed by atoms with Gasteiger partial charge in [-0.1, -0.05) is 11.6 Å². The number of anilines is 1. The van der Waals surface area contributed by atoms with Gasteiger partial charge in [-0.25, -0.2) is 4.98 Å². The van der Waals surface area contributed by atoms with Gasteiger partial charge in [0.1, 0.15) is 5.75 Å². The maximum atomic E-state index is 12.7. The van der Waals surface area contributed by atoms with Crippen LogP contribution in [0, 0.1) is 6.92 Å². The van der Waals surface area contributed by atoms with Crippen molar-refractivity contribution in [3.8, 4) is 5.75 Å². The number of aromatic nitrogens is 3. The van der Waals surface area contributed by atoms with E-state index in [1.807, 2.05) is 11.8 Å². The molecule has 0 aliphatic carbocycles. The van der Waals surface area contributed by atoms with Crippen LogP contribution in [0.5, 0.6) is 5.75 Å². The van der Waals surface area contributed by atoms with Crippen molar-refractivity contribution in [1.82, 2.24) is 19.4 Å². The number of aryl methyl sites for hydroxylation is 2. The van der Waals surface area contributed by atoms with Gasteiger partial charge < -0.3 is 19.1 Å². The Labute approximate surface area is 178 Å². The van der Waals surface area contributed by atoms with Crippen molar-refractivity contribution in [3.63, 3.8) is 0 Å². The molecule has 9 heteroatoms. The Morgan fingerprint density at radius 3 is 2.70 bits per heavy atom. The van der Waals surface area contributed by atoms with Crippen LogP contribution in [0.25, 0.3) is 11.0 Å². The van der Waals surface area contributed by atoms with Gasteiger partial charge in [-0.2, -0.15) is 0 Å². The highest BCUT2D eigenvalue weighted by Crippen LogP contribution is 2.22. The van der Waals surface area contributed by atoms with Crippen molar-refractivity contribution in [3.05, 3.63) is 57.6 Å². The lowest BCUT2D eigenvalue weighted by atomic mass is 10.2. The van der Waals surface area contributed by atoms with Crippen molar-refractivity contribution in [1.29, 1.82) is 0 Å². The first-order valence-corrected chi connectivity index (χ1v) is 10.0. The Hall–Kier alpha value is -3.13. The van der Waals surface area contributed by atoms with Crippen molar-refractivity contribution in [2.75, 3.05) is 37.7 Å². The van der Waals surface area contributed by atoms with E-state index in [-0.39, 0.29) is 18.1 Å². The molecule has 1 aromatic carbocycles. The first-order chi connectivity index (χ1) is 14.4. The summed E-state index contributed by atoms with van der Waals surface area (Å²) in [6, 6.07) is 7.08. The summed E-state index contributed by atoms with van der Waals surface area (Å²) in [5, 5.41) is 0.631. The van der Waals surface area contributed by atoms with E-state index in [1.165, 1.54) is 0 Å². The number of carbonyl (C=O) groups is 1. The van der Waals surface area contributed by atoms with Crippen molar-refractivity contribution in [2.24, 2.45) is 7.05 Å². The molecule has 3 heterocycles. The number of hydrogen-bond donors (Lipinski definition) is 0. The minimum absolute atomic E-state index is 0.0362. The first-order valence-electron chi connectivity index (χ1n) is 9.66.